The second-order valence-corrected chi connectivity index (χ2v) is 3.71. The molecule has 0 amide bonds. The van der Waals surface area contributed by atoms with E-state index in [-0.39, 0.29) is 5.75 Å². The van der Waals surface area contributed by atoms with Gasteiger partial charge in [0.15, 0.2) is 0 Å². The van der Waals surface area contributed by atoms with E-state index in [1.807, 2.05) is 24.3 Å². The van der Waals surface area contributed by atoms with Gasteiger partial charge in [0.1, 0.15) is 11.4 Å². The highest BCUT2D eigenvalue weighted by molar-refractivity contribution is 9.10. The van der Waals surface area contributed by atoms with Crippen LogP contribution in [0.5, 0.6) is 5.75 Å². The lowest BCUT2D eigenvalue weighted by atomic mass is 10.1. The van der Waals surface area contributed by atoms with Gasteiger partial charge in [-0.3, -0.25) is 4.98 Å². The number of hydrogen-bond acceptors (Lipinski definition) is 2. The van der Waals surface area contributed by atoms with Crippen molar-refractivity contribution in [1.29, 1.82) is 0 Å². The molecule has 1 heterocycles. The van der Waals surface area contributed by atoms with E-state index < -0.39 is 0 Å². The van der Waals surface area contributed by atoms with E-state index in [9.17, 15) is 5.11 Å². The number of nitrogens with zero attached hydrogens (tertiary/aromatic N) is 1. The first-order chi connectivity index (χ1) is 6.79. The van der Waals surface area contributed by atoms with Gasteiger partial charge >= 0.3 is 0 Å². The Hall–Kier alpha value is -1.35. The minimum atomic E-state index is 0.194. The summed E-state index contributed by atoms with van der Waals surface area (Å²) >= 11 is 3.42. The minimum Gasteiger partial charge on any atom is -0.506 e. The van der Waals surface area contributed by atoms with Gasteiger partial charge in [-0.15, -0.1) is 0 Å². The smallest absolute Gasteiger partial charge is 0.141 e. The van der Waals surface area contributed by atoms with Crippen molar-refractivity contribution < 1.29 is 5.11 Å². The zero-order chi connectivity index (χ0) is 9.97. The van der Waals surface area contributed by atoms with E-state index in [1.165, 1.54) is 0 Å². The lowest BCUT2D eigenvalue weighted by molar-refractivity contribution is 0.475. The molecule has 70 valence electrons. The van der Waals surface area contributed by atoms with Gasteiger partial charge in [0.2, 0.25) is 0 Å². The number of halogens is 1. The van der Waals surface area contributed by atoms with Crippen molar-refractivity contribution in [1.82, 2.24) is 4.98 Å². The molecule has 0 saturated heterocycles. The Morgan fingerprint density at radius 1 is 1.07 bits per heavy atom. The molecule has 0 bridgehead atoms. The maximum atomic E-state index is 9.61. The molecule has 0 atom stereocenters. The molecule has 0 aliphatic carbocycles. The Balaban J connectivity index is 2.61. The van der Waals surface area contributed by atoms with Crippen LogP contribution in [0, 0.1) is 0 Å². The van der Waals surface area contributed by atoms with Crippen molar-refractivity contribution in [2.75, 3.05) is 0 Å². The van der Waals surface area contributed by atoms with E-state index in [0.717, 1.165) is 10.0 Å². The lowest BCUT2D eigenvalue weighted by Gasteiger charge is -2.04. The average molecular weight is 250 g/mol. The molecule has 1 aromatic carbocycles. The predicted molar refractivity (Wildman–Crippen MR) is 59.0 cm³/mol. The lowest BCUT2D eigenvalue weighted by Crippen LogP contribution is -1.84. The van der Waals surface area contributed by atoms with Crippen LogP contribution < -0.4 is 0 Å². The molecule has 0 unspecified atom stereocenters. The quantitative estimate of drug-likeness (QED) is 0.842. The van der Waals surface area contributed by atoms with Gasteiger partial charge in [-0.2, -0.15) is 0 Å². The third-order valence-corrected chi connectivity index (χ3v) is 2.61. The van der Waals surface area contributed by atoms with Gasteiger partial charge in [0, 0.05) is 16.2 Å². The van der Waals surface area contributed by atoms with Gasteiger partial charge in [0.25, 0.3) is 0 Å². The number of benzene rings is 1. The van der Waals surface area contributed by atoms with Crippen LogP contribution >= 0.6 is 15.9 Å². The van der Waals surface area contributed by atoms with Crippen molar-refractivity contribution in [3.63, 3.8) is 0 Å². The number of hydrogen-bond donors (Lipinski definition) is 1. The number of aromatic nitrogens is 1. The molecule has 0 spiro atoms. The van der Waals surface area contributed by atoms with Crippen LogP contribution in [0.2, 0.25) is 0 Å². The topological polar surface area (TPSA) is 33.1 Å². The molecular formula is C11H8BrNO. The molecule has 0 saturated carbocycles. The second kappa shape index (κ2) is 3.80. The van der Waals surface area contributed by atoms with Crippen LogP contribution in [0.15, 0.2) is 47.1 Å². The van der Waals surface area contributed by atoms with E-state index in [4.69, 9.17) is 0 Å². The van der Waals surface area contributed by atoms with Crippen LogP contribution in [-0.4, -0.2) is 10.1 Å². The molecule has 0 fully saturated rings. The largest absolute Gasteiger partial charge is 0.506 e. The highest BCUT2D eigenvalue weighted by Crippen LogP contribution is 2.31. The molecular weight excluding hydrogens is 242 g/mol. The Labute approximate surface area is 90.4 Å². The summed E-state index contributed by atoms with van der Waals surface area (Å²) in [5.41, 5.74) is 1.49. The maximum Gasteiger partial charge on any atom is 0.141 e. The molecule has 1 aromatic heterocycles. The summed E-state index contributed by atoms with van der Waals surface area (Å²) in [4.78, 5) is 4.13. The van der Waals surface area contributed by atoms with Crippen LogP contribution in [0.4, 0.5) is 0 Å². The zero-order valence-corrected chi connectivity index (χ0v) is 8.90. The second-order valence-electron chi connectivity index (χ2n) is 2.85. The summed E-state index contributed by atoms with van der Waals surface area (Å²) in [6.07, 6.45) is 1.66. The van der Waals surface area contributed by atoms with Gasteiger partial charge in [0.05, 0.1) is 0 Å². The van der Waals surface area contributed by atoms with Crippen LogP contribution in [0.3, 0.4) is 0 Å². The maximum absolute atomic E-state index is 9.61. The highest BCUT2D eigenvalue weighted by Gasteiger charge is 2.07. The summed E-state index contributed by atoms with van der Waals surface area (Å²) < 4.78 is 0.925. The summed E-state index contributed by atoms with van der Waals surface area (Å²) in [5.74, 6) is 0.194. The first kappa shape index (κ1) is 9.21. The zero-order valence-electron chi connectivity index (χ0n) is 7.31. The van der Waals surface area contributed by atoms with Crippen LogP contribution in [-0.2, 0) is 0 Å². The molecule has 14 heavy (non-hydrogen) atoms. The van der Waals surface area contributed by atoms with E-state index in [0.29, 0.717) is 5.69 Å². The summed E-state index contributed by atoms with van der Waals surface area (Å²) in [5, 5.41) is 9.61. The third-order valence-electron chi connectivity index (χ3n) is 1.92. The fraction of sp³-hybridized carbons (Fsp3) is 0. The molecule has 0 aliphatic rings. The van der Waals surface area contributed by atoms with Crippen molar-refractivity contribution in [3.8, 4) is 17.0 Å². The molecule has 2 rings (SSSR count). The third kappa shape index (κ3) is 1.63. The standard InChI is InChI=1S/C11H8BrNO/c12-9-5-2-1-4-8(9)11-10(14)6-3-7-13-11/h1-7,14H. The van der Waals surface area contributed by atoms with Gasteiger partial charge in [-0.25, -0.2) is 0 Å². The van der Waals surface area contributed by atoms with E-state index >= 15 is 0 Å². The monoisotopic (exact) mass is 249 g/mol. The van der Waals surface area contributed by atoms with Gasteiger partial charge in [-0.1, -0.05) is 34.1 Å². The summed E-state index contributed by atoms with van der Waals surface area (Å²) in [6.45, 7) is 0. The molecule has 0 aliphatic heterocycles. The van der Waals surface area contributed by atoms with Gasteiger partial charge < -0.3 is 5.11 Å². The van der Waals surface area contributed by atoms with E-state index in [2.05, 4.69) is 20.9 Å². The molecule has 2 nitrogen and oxygen atoms in total. The summed E-state index contributed by atoms with van der Waals surface area (Å²) in [6, 6.07) is 11.0. The first-order valence-electron chi connectivity index (χ1n) is 4.18. The number of pyridine rings is 1. The normalized spacial score (nSPS) is 10.1. The number of aromatic hydroxyl groups is 1. The van der Waals surface area contributed by atoms with Gasteiger partial charge in [-0.05, 0) is 18.2 Å². The van der Waals surface area contributed by atoms with Crippen molar-refractivity contribution in [2.45, 2.75) is 0 Å². The Morgan fingerprint density at radius 2 is 1.86 bits per heavy atom. The van der Waals surface area contributed by atoms with Crippen molar-refractivity contribution >= 4 is 15.9 Å². The van der Waals surface area contributed by atoms with Crippen LogP contribution in [0.1, 0.15) is 0 Å². The Bertz CT molecular complexity index is 413. The first-order valence-corrected chi connectivity index (χ1v) is 4.97. The highest BCUT2D eigenvalue weighted by atomic mass is 79.9. The van der Waals surface area contributed by atoms with Crippen molar-refractivity contribution in [3.05, 3.63) is 47.1 Å². The average Bonchev–Trinajstić information content (AvgIpc) is 2.20. The molecule has 1 N–H and O–H groups in total. The SMILES string of the molecule is Oc1cccnc1-c1ccccc1Br. The molecule has 0 radical (unpaired) electrons. The Kier molecular flexibility index (Phi) is 2.50. The summed E-state index contributed by atoms with van der Waals surface area (Å²) in [7, 11) is 0. The number of rotatable bonds is 1. The fourth-order valence-electron chi connectivity index (χ4n) is 1.26. The fourth-order valence-corrected chi connectivity index (χ4v) is 1.73. The molecule has 2 aromatic rings. The Morgan fingerprint density at radius 3 is 2.57 bits per heavy atom. The predicted octanol–water partition coefficient (Wildman–Crippen LogP) is 3.22. The minimum absolute atomic E-state index is 0.194. The van der Waals surface area contributed by atoms with Crippen LogP contribution in [0.25, 0.3) is 11.3 Å². The molecule has 3 heteroatoms. The van der Waals surface area contributed by atoms with Crippen molar-refractivity contribution in [2.24, 2.45) is 0 Å². The van der Waals surface area contributed by atoms with E-state index in [1.54, 1.807) is 18.3 Å².